The van der Waals surface area contributed by atoms with E-state index in [4.69, 9.17) is 10.5 Å². The van der Waals surface area contributed by atoms with Crippen LogP contribution in [0.4, 0.5) is 5.69 Å². The zero-order chi connectivity index (χ0) is 19.4. The summed E-state index contributed by atoms with van der Waals surface area (Å²) in [6.45, 7) is 3.48. The minimum atomic E-state index is -3.82. The molecule has 1 aliphatic heterocycles. The summed E-state index contributed by atoms with van der Waals surface area (Å²) < 4.78 is 33.2. The minimum Gasteiger partial charge on any atom is -0.494 e. The highest BCUT2D eigenvalue weighted by molar-refractivity contribution is 7.92. The van der Waals surface area contributed by atoms with Crippen molar-refractivity contribution in [1.82, 2.24) is 4.90 Å². The molecule has 0 aromatic heterocycles. The Morgan fingerprint density at radius 2 is 1.96 bits per heavy atom. The molecule has 3 rings (SSSR count). The normalized spacial score (nSPS) is 16.4. The predicted octanol–water partition coefficient (Wildman–Crippen LogP) is 2.48. The molecule has 1 saturated heterocycles. The molecule has 2 aromatic rings. The highest BCUT2D eigenvalue weighted by Crippen LogP contribution is 2.21. The van der Waals surface area contributed by atoms with E-state index in [0.717, 1.165) is 6.42 Å². The molecule has 0 unspecified atom stereocenters. The van der Waals surface area contributed by atoms with Gasteiger partial charge in [0.15, 0.2) is 0 Å². The Balaban J connectivity index is 0.00000280. The topological polar surface area (TPSA) is 102 Å². The Kier molecular flexibility index (Phi) is 7.29. The van der Waals surface area contributed by atoms with Crippen molar-refractivity contribution in [2.75, 3.05) is 24.4 Å². The summed E-state index contributed by atoms with van der Waals surface area (Å²) in [5.41, 5.74) is 6.60. The molecule has 0 radical (unpaired) electrons. The Bertz CT molecular complexity index is 919. The molecule has 152 valence electrons. The molecule has 1 heterocycles. The summed E-state index contributed by atoms with van der Waals surface area (Å²) in [5.74, 6) is 0.456. The van der Waals surface area contributed by atoms with Gasteiger partial charge in [-0.05, 0) is 55.8 Å². The average molecular weight is 426 g/mol. The lowest BCUT2D eigenvalue weighted by molar-refractivity contribution is 0.0790. The van der Waals surface area contributed by atoms with E-state index in [-0.39, 0.29) is 29.3 Å². The number of anilines is 1. The van der Waals surface area contributed by atoms with Crippen molar-refractivity contribution in [1.29, 1.82) is 0 Å². The lowest BCUT2D eigenvalue weighted by atomic mass is 10.2. The number of nitrogens with one attached hydrogen (secondary N) is 1. The molecule has 2 aromatic carbocycles. The predicted molar refractivity (Wildman–Crippen MR) is 111 cm³/mol. The van der Waals surface area contributed by atoms with E-state index in [9.17, 15) is 13.2 Å². The largest absolute Gasteiger partial charge is 0.494 e. The number of sulfonamides is 1. The third-order valence-electron chi connectivity index (χ3n) is 4.32. The molecule has 28 heavy (non-hydrogen) atoms. The van der Waals surface area contributed by atoms with Crippen molar-refractivity contribution < 1.29 is 17.9 Å². The SMILES string of the molecule is CCOc1ccc(NS(=O)(=O)c2cccc(C(=O)N3CC[C@@H](N)C3)c2)cc1.Cl. The third kappa shape index (κ3) is 5.15. The van der Waals surface area contributed by atoms with Crippen molar-refractivity contribution in [2.45, 2.75) is 24.3 Å². The summed E-state index contributed by atoms with van der Waals surface area (Å²) in [6.07, 6.45) is 0.753. The second-order valence-corrected chi connectivity index (χ2v) is 8.07. The highest BCUT2D eigenvalue weighted by atomic mass is 35.5. The standard InChI is InChI=1S/C19H23N3O4S.ClH/c1-2-26-17-8-6-16(7-9-17)21-27(24,25)18-5-3-4-14(12-18)19(23)22-11-10-15(20)13-22;/h3-9,12,15,21H,2,10-11,13,20H2,1H3;1H/t15-;/m1./s1. The smallest absolute Gasteiger partial charge is 0.261 e. The van der Waals surface area contributed by atoms with Crippen LogP contribution in [0.2, 0.25) is 0 Å². The second-order valence-electron chi connectivity index (χ2n) is 6.39. The van der Waals surface area contributed by atoms with Crippen LogP contribution in [-0.4, -0.2) is 45.0 Å². The fourth-order valence-corrected chi connectivity index (χ4v) is 4.05. The summed E-state index contributed by atoms with van der Waals surface area (Å²) >= 11 is 0. The minimum absolute atomic E-state index is 0. The molecule has 1 fully saturated rings. The number of rotatable bonds is 6. The van der Waals surface area contributed by atoms with E-state index >= 15 is 0 Å². The first-order valence-electron chi connectivity index (χ1n) is 8.79. The molecular formula is C19H24ClN3O4S. The first-order chi connectivity index (χ1) is 12.9. The maximum atomic E-state index is 12.7. The number of amides is 1. The van der Waals surface area contributed by atoms with Crippen LogP contribution < -0.4 is 15.2 Å². The molecule has 0 aliphatic carbocycles. The monoisotopic (exact) mass is 425 g/mol. The Morgan fingerprint density at radius 1 is 1.25 bits per heavy atom. The van der Waals surface area contributed by atoms with Crippen molar-refractivity contribution in [2.24, 2.45) is 5.73 Å². The molecule has 7 nitrogen and oxygen atoms in total. The molecule has 0 saturated carbocycles. The number of benzene rings is 2. The number of nitrogens with two attached hydrogens (primary N) is 1. The van der Waals surface area contributed by atoms with Gasteiger partial charge in [-0.15, -0.1) is 12.4 Å². The van der Waals surface area contributed by atoms with Crippen molar-refractivity contribution in [3.05, 3.63) is 54.1 Å². The van der Waals surface area contributed by atoms with Gasteiger partial charge in [0.25, 0.3) is 15.9 Å². The molecule has 1 aliphatic rings. The summed E-state index contributed by atoms with van der Waals surface area (Å²) in [6, 6.07) is 12.6. The number of ether oxygens (including phenoxy) is 1. The maximum absolute atomic E-state index is 12.7. The number of hydrogen-bond donors (Lipinski definition) is 2. The molecule has 9 heteroatoms. The molecule has 3 N–H and O–H groups in total. The highest BCUT2D eigenvalue weighted by Gasteiger charge is 2.25. The van der Waals surface area contributed by atoms with Gasteiger partial charge in [-0.3, -0.25) is 9.52 Å². The van der Waals surface area contributed by atoms with E-state index in [2.05, 4.69) is 4.72 Å². The van der Waals surface area contributed by atoms with Gasteiger partial charge in [0.05, 0.1) is 11.5 Å². The molecule has 0 bridgehead atoms. The van der Waals surface area contributed by atoms with Crippen LogP contribution in [0, 0.1) is 0 Å². The fraction of sp³-hybridized carbons (Fsp3) is 0.316. The number of carbonyl (C=O) groups excluding carboxylic acids is 1. The Labute approximate surface area is 171 Å². The van der Waals surface area contributed by atoms with Crippen molar-refractivity contribution >= 4 is 34.0 Å². The van der Waals surface area contributed by atoms with Crippen LogP contribution >= 0.6 is 12.4 Å². The third-order valence-corrected chi connectivity index (χ3v) is 5.70. The van der Waals surface area contributed by atoms with Crippen LogP contribution in [0.25, 0.3) is 0 Å². The van der Waals surface area contributed by atoms with E-state index in [1.807, 2.05) is 6.92 Å². The van der Waals surface area contributed by atoms with Crippen molar-refractivity contribution in [3.63, 3.8) is 0 Å². The van der Waals surface area contributed by atoms with Crippen LogP contribution in [0.15, 0.2) is 53.4 Å². The fourth-order valence-electron chi connectivity index (χ4n) is 2.95. The van der Waals surface area contributed by atoms with Gasteiger partial charge < -0.3 is 15.4 Å². The lowest BCUT2D eigenvalue weighted by Gasteiger charge is -2.16. The Morgan fingerprint density at radius 3 is 2.57 bits per heavy atom. The van der Waals surface area contributed by atoms with Gasteiger partial charge in [0.1, 0.15) is 5.75 Å². The number of halogens is 1. The molecule has 1 atom stereocenters. The van der Waals surface area contributed by atoms with Crippen LogP contribution in [0.1, 0.15) is 23.7 Å². The van der Waals surface area contributed by atoms with Crippen molar-refractivity contribution in [3.8, 4) is 5.75 Å². The van der Waals surface area contributed by atoms with Gasteiger partial charge in [0.2, 0.25) is 0 Å². The number of carbonyl (C=O) groups is 1. The number of hydrogen-bond acceptors (Lipinski definition) is 5. The second kappa shape index (κ2) is 9.27. The average Bonchev–Trinajstić information content (AvgIpc) is 3.09. The number of nitrogens with zero attached hydrogens (tertiary/aromatic N) is 1. The molecular weight excluding hydrogens is 402 g/mol. The zero-order valence-electron chi connectivity index (χ0n) is 15.5. The van der Waals surface area contributed by atoms with E-state index in [0.29, 0.717) is 36.7 Å². The summed E-state index contributed by atoms with van der Waals surface area (Å²) in [5, 5.41) is 0. The van der Waals surface area contributed by atoms with Gasteiger partial charge in [0, 0.05) is 30.4 Å². The summed E-state index contributed by atoms with van der Waals surface area (Å²) in [7, 11) is -3.82. The lowest BCUT2D eigenvalue weighted by Crippen LogP contribution is -2.32. The van der Waals surface area contributed by atoms with Gasteiger partial charge in [-0.1, -0.05) is 6.07 Å². The van der Waals surface area contributed by atoms with E-state index < -0.39 is 10.0 Å². The van der Waals surface area contributed by atoms with Crippen LogP contribution in [0.5, 0.6) is 5.75 Å². The molecule has 0 spiro atoms. The summed E-state index contributed by atoms with van der Waals surface area (Å²) in [4.78, 5) is 14.3. The first-order valence-corrected chi connectivity index (χ1v) is 10.3. The van der Waals surface area contributed by atoms with Gasteiger partial charge in [-0.2, -0.15) is 0 Å². The maximum Gasteiger partial charge on any atom is 0.261 e. The first kappa shape index (κ1) is 22.0. The Hall–Kier alpha value is -2.29. The number of likely N-dealkylation sites (tertiary alicyclic amines) is 1. The quantitative estimate of drug-likeness (QED) is 0.740. The molecule has 1 amide bonds. The van der Waals surface area contributed by atoms with Gasteiger partial charge in [-0.25, -0.2) is 8.42 Å². The van der Waals surface area contributed by atoms with Gasteiger partial charge >= 0.3 is 0 Å². The zero-order valence-corrected chi connectivity index (χ0v) is 17.1. The van der Waals surface area contributed by atoms with E-state index in [1.54, 1.807) is 41.3 Å². The van der Waals surface area contributed by atoms with Crippen LogP contribution in [-0.2, 0) is 10.0 Å². The van der Waals surface area contributed by atoms with E-state index in [1.165, 1.54) is 12.1 Å². The van der Waals surface area contributed by atoms with Crippen LogP contribution in [0.3, 0.4) is 0 Å².